The van der Waals surface area contributed by atoms with Gasteiger partial charge >= 0.3 is 11.8 Å². The van der Waals surface area contributed by atoms with Crippen molar-refractivity contribution in [3.05, 3.63) is 59.7 Å². The van der Waals surface area contributed by atoms with Crippen LogP contribution in [0.4, 0.5) is 0 Å². The first-order valence-corrected chi connectivity index (χ1v) is 11.1. The van der Waals surface area contributed by atoms with Crippen molar-refractivity contribution in [3.8, 4) is 5.75 Å². The zero-order chi connectivity index (χ0) is 21.6. The van der Waals surface area contributed by atoms with Crippen molar-refractivity contribution >= 4 is 21.8 Å². The molecule has 8 nitrogen and oxygen atoms in total. The smallest absolute Gasteiger partial charge is 0.309 e. The summed E-state index contributed by atoms with van der Waals surface area (Å²) in [5.41, 5.74) is 1.54. The van der Waals surface area contributed by atoms with E-state index in [1.165, 1.54) is 16.4 Å². The van der Waals surface area contributed by atoms with Crippen molar-refractivity contribution in [1.82, 2.24) is 14.9 Å². The highest BCUT2D eigenvalue weighted by Gasteiger charge is 2.26. The van der Waals surface area contributed by atoms with Gasteiger partial charge in [-0.15, -0.1) is 0 Å². The van der Waals surface area contributed by atoms with Crippen LogP contribution in [0, 0.1) is 0 Å². The van der Waals surface area contributed by atoms with Gasteiger partial charge < -0.3 is 15.4 Å². The molecule has 0 aromatic heterocycles. The molecule has 3 rings (SSSR count). The third kappa shape index (κ3) is 5.37. The number of carbonyl (C=O) groups excluding carboxylic acids is 2. The zero-order valence-corrected chi connectivity index (χ0v) is 17.6. The summed E-state index contributed by atoms with van der Waals surface area (Å²) in [5, 5.41) is 5.09. The third-order valence-electron chi connectivity index (χ3n) is 4.90. The minimum atomic E-state index is -3.46. The van der Waals surface area contributed by atoms with Crippen LogP contribution in [-0.4, -0.2) is 44.7 Å². The van der Waals surface area contributed by atoms with Gasteiger partial charge in [0.2, 0.25) is 10.0 Å². The Morgan fingerprint density at radius 3 is 1.80 bits per heavy atom. The molecule has 1 fully saturated rings. The summed E-state index contributed by atoms with van der Waals surface area (Å²) >= 11 is 0. The average molecular weight is 432 g/mol. The van der Waals surface area contributed by atoms with Gasteiger partial charge in [-0.25, -0.2) is 8.42 Å². The van der Waals surface area contributed by atoms with E-state index in [4.69, 9.17) is 4.74 Å². The molecule has 2 N–H and O–H groups in total. The largest absolute Gasteiger partial charge is 0.497 e. The zero-order valence-electron chi connectivity index (χ0n) is 16.8. The molecule has 2 aromatic rings. The van der Waals surface area contributed by atoms with Gasteiger partial charge in [0.05, 0.1) is 12.0 Å². The Hall–Kier alpha value is -2.91. The number of amides is 2. The fraction of sp³-hybridized carbons (Fsp3) is 0.333. The van der Waals surface area contributed by atoms with Crippen molar-refractivity contribution in [1.29, 1.82) is 0 Å². The molecule has 0 unspecified atom stereocenters. The summed E-state index contributed by atoms with van der Waals surface area (Å²) in [6.07, 6.45) is 1.76. The second kappa shape index (κ2) is 9.73. The topological polar surface area (TPSA) is 105 Å². The average Bonchev–Trinajstić information content (AvgIpc) is 3.32. The summed E-state index contributed by atoms with van der Waals surface area (Å²) in [5.74, 6) is -0.779. The van der Waals surface area contributed by atoms with E-state index in [1.807, 2.05) is 0 Å². The van der Waals surface area contributed by atoms with Gasteiger partial charge in [-0.1, -0.05) is 24.3 Å². The normalized spacial score (nSPS) is 14.3. The van der Waals surface area contributed by atoms with Crippen LogP contribution in [0.15, 0.2) is 53.4 Å². The number of sulfonamides is 1. The van der Waals surface area contributed by atoms with E-state index in [0.29, 0.717) is 24.4 Å². The second-order valence-electron chi connectivity index (χ2n) is 6.97. The molecular formula is C21H25N3O5S. The molecule has 1 aliphatic heterocycles. The van der Waals surface area contributed by atoms with Gasteiger partial charge in [0.15, 0.2) is 0 Å². The van der Waals surface area contributed by atoms with Gasteiger partial charge in [0, 0.05) is 26.2 Å². The van der Waals surface area contributed by atoms with Gasteiger partial charge in [-0.3, -0.25) is 9.59 Å². The van der Waals surface area contributed by atoms with Crippen LogP contribution in [0.1, 0.15) is 24.0 Å². The molecule has 160 valence electrons. The van der Waals surface area contributed by atoms with E-state index in [-0.39, 0.29) is 18.0 Å². The van der Waals surface area contributed by atoms with Crippen LogP contribution in [0.3, 0.4) is 0 Å². The van der Waals surface area contributed by atoms with Crippen molar-refractivity contribution in [2.75, 3.05) is 20.2 Å². The molecule has 0 radical (unpaired) electrons. The third-order valence-corrected chi connectivity index (χ3v) is 6.81. The van der Waals surface area contributed by atoms with Crippen molar-refractivity contribution in [3.63, 3.8) is 0 Å². The van der Waals surface area contributed by atoms with Crippen LogP contribution in [0.2, 0.25) is 0 Å². The quantitative estimate of drug-likeness (QED) is 0.645. The summed E-state index contributed by atoms with van der Waals surface area (Å²) in [6, 6.07) is 13.5. The van der Waals surface area contributed by atoms with E-state index in [2.05, 4.69) is 10.6 Å². The van der Waals surface area contributed by atoms with Crippen LogP contribution in [0.5, 0.6) is 5.75 Å². The Morgan fingerprint density at radius 2 is 1.33 bits per heavy atom. The van der Waals surface area contributed by atoms with Gasteiger partial charge in [-0.05, 0) is 48.2 Å². The number of benzene rings is 2. The van der Waals surface area contributed by atoms with E-state index in [1.54, 1.807) is 43.5 Å². The SMILES string of the molecule is COc1ccc(CNC(=O)C(=O)NCc2ccc(S(=O)(=O)N3CCCC3)cc2)cc1. The van der Waals surface area contributed by atoms with E-state index >= 15 is 0 Å². The van der Waals surface area contributed by atoms with Crippen LogP contribution >= 0.6 is 0 Å². The molecule has 9 heteroatoms. The lowest BCUT2D eigenvalue weighted by Crippen LogP contribution is -2.39. The number of methoxy groups -OCH3 is 1. The molecule has 0 saturated carbocycles. The number of nitrogens with one attached hydrogen (secondary N) is 2. The number of rotatable bonds is 7. The van der Waals surface area contributed by atoms with E-state index < -0.39 is 21.8 Å². The molecule has 1 heterocycles. The maximum absolute atomic E-state index is 12.5. The summed E-state index contributed by atoms with van der Waals surface area (Å²) < 4.78 is 31.6. The first-order valence-electron chi connectivity index (χ1n) is 9.68. The lowest BCUT2D eigenvalue weighted by Gasteiger charge is -2.15. The van der Waals surface area contributed by atoms with E-state index in [0.717, 1.165) is 18.4 Å². The van der Waals surface area contributed by atoms with Crippen molar-refractivity contribution < 1.29 is 22.7 Å². The molecule has 1 saturated heterocycles. The molecule has 30 heavy (non-hydrogen) atoms. The standard InChI is InChI=1S/C21H25N3O5S/c1-29-18-8-4-16(5-9-18)14-22-20(25)21(26)23-15-17-6-10-19(11-7-17)30(27,28)24-12-2-3-13-24/h4-11H,2-3,12-15H2,1H3,(H,22,25)(H,23,26). The lowest BCUT2D eigenvalue weighted by atomic mass is 10.2. The molecule has 1 aliphatic rings. The summed E-state index contributed by atoms with van der Waals surface area (Å²) in [4.78, 5) is 24.2. The molecule has 0 spiro atoms. The predicted octanol–water partition coefficient (Wildman–Crippen LogP) is 1.41. The second-order valence-corrected chi connectivity index (χ2v) is 8.91. The molecule has 2 amide bonds. The Kier molecular flexibility index (Phi) is 7.07. The van der Waals surface area contributed by atoms with Crippen molar-refractivity contribution in [2.45, 2.75) is 30.8 Å². The maximum Gasteiger partial charge on any atom is 0.309 e. The Bertz CT molecular complexity index is 982. The number of hydrogen-bond donors (Lipinski definition) is 2. The molecule has 0 atom stereocenters. The molecular weight excluding hydrogens is 406 g/mol. The highest BCUT2D eigenvalue weighted by atomic mass is 32.2. The van der Waals surface area contributed by atoms with Crippen LogP contribution in [0.25, 0.3) is 0 Å². The lowest BCUT2D eigenvalue weighted by molar-refractivity contribution is -0.139. The minimum Gasteiger partial charge on any atom is -0.497 e. The highest BCUT2D eigenvalue weighted by molar-refractivity contribution is 7.89. The number of carbonyl (C=O) groups is 2. The summed E-state index contributed by atoms with van der Waals surface area (Å²) in [7, 11) is -1.89. The van der Waals surface area contributed by atoms with Crippen LogP contribution < -0.4 is 15.4 Å². The van der Waals surface area contributed by atoms with Gasteiger partial charge in [0.25, 0.3) is 0 Å². The summed E-state index contributed by atoms with van der Waals surface area (Å²) in [6.45, 7) is 1.44. The van der Waals surface area contributed by atoms with Crippen LogP contribution in [-0.2, 0) is 32.7 Å². The molecule has 0 bridgehead atoms. The Labute approximate surface area is 176 Å². The molecule has 2 aromatic carbocycles. The minimum absolute atomic E-state index is 0.124. The number of ether oxygens (including phenoxy) is 1. The highest BCUT2D eigenvalue weighted by Crippen LogP contribution is 2.21. The Morgan fingerprint density at radius 1 is 0.867 bits per heavy atom. The fourth-order valence-electron chi connectivity index (χ4n) is 3.13. The number of hydrogen-bond acceptors (Lipinski definition) is 5. The fourth-order valence-corrected chi connectivity index (χ4v) is 4.64. The first-order chi connectivity index (χ1) is 14.4. The maximum atomic E-state index is 12.5. The first kappa shape index (κ1) is 21.8. The van der Waals surface area contributed by atoms with Gasteiger partial charge in [-0.2, -0.15) is 4.31 Å². The van der Waals surface area contributed by atoms with Crippen molar-refractivity contribution in [2.24, 2.45) is 0 Å². The monoisotopic (exact) mass is 431 g/mol. The van der Waals surface area contributed by atoms with Gasteiger partial charge in [0.1, 0.15) is 5.75 Å². The van der Waals surface area contributed by atoms with E-state index in [9.17, 15) is 18.0 Å². The predicted molar refractivity (Wildman–Crippen MR) is 111 cm³/mol. The molecule has 0 aliphatic carbocycles. The number of nitrogens with zero attached hydrogens (tertiary/aromatic N) is 1. The Balaban J connectivity index is 1.48.